The molecule has 26 heavy (non-hydrogen) atoms. The monoisotopic (exact) mass is 354 g/mol. The van der Waals surface area contributed by atoms with Crippen LogP contribution < -0.4 is 10.1 Å². The zero-order chi connectivity index (χ0) is 19.1. The Morgan fingerprint density at radius 3 is 2.19 bits per heavy atom. The van der Waals surface area contributed by atoms with Crippen molar-refractivity contribution in [2.75, 3.05) is 11.9 Å². The van der Waals surface area contributed by atoms with Gasteiger partial charge in [0.05, 0.1) is 6.10 Å². The number of hydrogen-bond donors (Lipinski definition) is 1. The average molecular weight is 354 g/mol. The molecule has 2 aromatic rings. The highest BCUT2D eigenvalue weighted by Gasteiger charge is 2.14. The molecule has 1 N–H and O–H groups in total. The number of nitrogens with one attached hydrogen (secondary N) is 1. The Morgan fingerprint density at radius 2 is 1.65 bits per heavy atom. The highest BCUT2D eigenvalue weighted by atomic mass is 16.5. The van der Waals surface area contributed by atoms with Crippen LogP contribution in [-0.4, -0.2) is 29.4 Å². The quantitative estimate of drug-likeness (QED) is 0.823. The molecule has 0 bridgehead atoms. The number of nitrogens with zero attached hydrogens (tertiary/aromatic N) is 1. The zero-order valence-electron chi connectivity index (χ0n) is 15.8. The Kier molecular flexibility index (Phi) is 6.78. The van der Waals surface area contributed by atoms with Crippen molar-refractivity contribution in [1.82, 2.24) is 4.90 Å². The second-order valence-corrected chi connectivity index (χ2v) is 6.60. The molecule has 0 heterocycles. The summed E-state index contributed by atoms with van der Waals surface area (Å²) in [4.78, 5) is 25.7. The normalized spacial score (nSPS) is 10.5. The van der Waals surface area contributed by atoms with Crippen LogP contribution in [0.5, 0.6) is 5.75 Å². The lowest BCUT2D eigenvalue weighted by atomic mass is 10.1. The number of ether oxygens (including phenoxy) is 1. The van der Waals surface area contributed by atoms with E-state index >= 15 is 0 Å². The maximum atomic E-state index is 12.3. The van der Waals surface area contributed by atoms with E-state index in [1.54, 1.807) is 12.1 Å². The van der Waals surface area contributed by atoms with Crippen molar-refractivity contribution in [2.45, 2.75) is 40.3 Å². The van der Waals surface area contributed by atoms with Crippen LogP contribution in [0.4, 0.5) is 5.69 Å². The lowest BCUT2D eigenvalue weighted by molar-refractivity contribution is -0.133. The summed E-state index contributed by atoms with van der Waals surface area (Å²) < 4.78 is 5.58. The van der Waals surface area contributed by atoms with Crippen LogP contribution in [0, 0.1) is 6.92 Å². The van der Waals surface area contributed by atoms with Crippen molar-refractivity contribution < 1.29 is 14.3 Å². The fourth-order valence-corrected chi connectivity index (χ4v) is 2.46. The predicted octanol–water partition coefficient (Wildman–Crippen LogP) is 3.77. The first-order valence-corrected chi connectivity index (χ1v) is 8.71. The van der Waals surface area contributed by atoms with E-state index in [-0.39, 0.29) is 24.5 Å². The molecule has 0 aliphatic carbocycles. The van der Waals surface area contributed by atoms with Gasteiger partial charge in [-0.15, -0.1) is 0 Å². The molecule has 0 fully saturated rings. The molecule has 2 aromatic carbocycles. The number of carbonyl (C=O) groups excluding carboxylic acids is 2. The second kappa shape index (κ2) is 9.04. The smallest absolute Gasteiger partial charge is 0.244 e. The van der Waals surface area contributed by atoms with Gasteiger partial charge in [-0.3, -0.25) is 9.59 Å². The average Bonchev–Trinajstić information content (AvgIpc) is 2.57. The Bertz CT molecular complexity index is 737. The van der Waals surface area contributed by atoms with Gasteiger partial charge in [0.15, 0.2) is 0 Å². The Morgan fingerprint density at radius 1 is 1.04 bits per heavy atom. The summed E-state index contributed by atoms with van der Waals surface area (Å²) in [5.41, 5.74) is 2.82. The van der Waals surface area contributed by atoms with Gasteiger partial charge >= 0.3 is 0 Å². The summed E-state index contributed by atoms with van der Waals surface area (Å²) in [5.74, 6) is 0.383. The first-order chi connectivity index (χ1) is 12.3. The van der Waals surface area contributed by atoms with Gasteiger partial charge in [-0.25, -0.2) is 0 Å². The van der Waals surface area contributed by atoms with E-state index in [1.807, 2.05) is 57.2 Å². The summed E-state index contributed by atoms with van der Waals surface area (Å²) in [6.45, 7) is 7.81. The van der Waals surface area contributed by atoms with Gasteiger partial charge in [0.25, 0.3) is 0 Å². The first kappa shape index (κ1) is 19.5. The number of carbonyl (C=O) groups is 2. The minimum atomic E-state index is -0.232. The van der Waals surface area contributed by atoms with Crippen LogP contribution in [0.1, 0.15) is 31.9 Å². The molecule has 138 valence electrons. The maximum absolute atomic E-state index is 12.3. The first-order valence-electron chi connectivity index (χ1n) is 8.71. The number of amides is 2. The van der Waals surface area contributed by atoms with E-state index in [9.17, 15) is 9.59 Å². The summed E-state index contributed by atoms with van der Waals surface area (Å²) in [5, 5.41) is 2.81. The molecule has 0 saturated carbocycles. The summed E-state index contributed by atoms with van der Waals surface area (Å²) in [6.07, 6.45) is 0.0985. The number of hydrogen-bond acceptors (Lipinski definition) is 3. The topological polar surface area (TPSA) is 58.6 Å². The van der Waals surface area contributed by atoms with Crippen LogP contribution in [0.2, 0.25) is 0 Å². The van der Waals surface area contributed by atoms with Crippen molar-refractivity contribution >= 4 is 17.5 Å². The fraction of sp³-hybridized carbons (Fsp3) is 0.333. The molecule has 0 aromatic heterocycles. The third-order valence-corrected chi connectivity index (χ3v) is 3.78. The van der Waals surface area contributed by atoms with E-state index in [0.717, 1.165) is 16.9 Å². The highest BCUT2D eigenvalue weighted by molar-refractivity contribution is 5.94. The molecule has 0 aliphatic rings. The van der Waals surface area contributed by atoms with Crippen LogP contribution in [0.3, 0.4) is 0 Å². The lowest BCUT2D eigenvalue weighted by Crippen LogP contribution is -2.36. The van der Waals surface area contributed by atoms with E-state index in [2.05, 4.69) is 5.32 Å². The van der Waals surface area contributed by atoms with E-state index in [0.29, 0.717) is 12.2 Å². The van der Waals surface area contributed by atoms with Gasteiger partial charge in [-0.2, -0.15) is 0 Å². The van der Waals surface area contributed by atoms with E-state index < -0.39 is 0 Å². The number of anilines is 1. The van der Waals surface area contributed by atoms with Crippen LogP contribution in [0.15, 0.2) is 48.5 Å². The molecule has 5 heteroatoms. The number of aryl methyl sites for hydroxylation is 1. The molecule has 0 atom stereocenters. The van der Waals surface area contributed by atoms with Crippen LogP contribution >= 0.6 is 0 Å². The predicted molar refractivity (Wildman–Crippen MR) is 103 cm³/mol. The number of rotatable bonds is 7. The van der Waals surface area contributed by atoms with Crippen molar-refractivity contribution in [2.24, 2.45) is 0 Å². The van der Waals surface area contributed by atoms with E-state index in [1.165, 1.54) is 11.8 Å². The summed E-state index contributed by atoms with van der Waals surface area (Å²) in [7, 11) is 0. The molecule has 0 saturated heterocycles. The molecule has 5 nitrogen and oxygen atoms in total. The molecular weight excluding hydrogens is 328 g/mol. The Labute approximate surface area is 155 Å². The largest absolute Gasteiger partial charge is 0.491 e. The molecule has 0 aliphatic heterocycles. The van der Waals surface area contributed by atoms with Crippen LogP contribution in [-0.2, 0) is 16.1 Å². The van der Waals surface area contributed by atoms with Gasteiger partial charge < -0.3 is 15.0 Å². The van der Waals surface area contributed by atoms with Gasteiger partial charge in [0.2, 0.25) is 11.8 Å². The van der Waals surface area contributed by atoms with Crippen molar-refractivity contribution in [3.8, 4) is 5.75 Å². The molecule has 2 rings (SSSR count). The molecule has 0 unspecified atom stereocenters. The van der Waals surface area contributed by atoms with Gasteiger partial charge in [0.1, 0.15) is 12.3 Å². The molecule has 2 amide bonds. The third kappa shape index (κ3) is 6.24. The van der Waals surface area contributed by atoms with E-state index in [4.69, 9.17) is 4.74 Å². The molecule has 0 spiro atoms. The fourth-order valence-electron chi connectivity index (χ4n) is 2.46. The Balaban J connectivity index is 1.94. The minimum Gasteiger partial charge on any atom is -0.491 e. The van der Waals surface area contributed by atoms with Gasteiger partial charge in [-0.1, -0.05) is 29.8 Å². The molecule has 0 radical (unpaired) electrons. The van der Waals surface area contributed by atoms with Gasteiger partial charge in [0, 0.05) is 19.2 Å². The number of benzene rings is 2. The second-order valence-electron chi connectivity index (χ2n) is 6.60. The maximum Gasteiger partial charge on any atom is 0.244 e. The van der Waals surface area contributed by atoms with Crippen molar-refractivity contribution in [3.05, 3.63) is 59.7 Å². The standard InChI is InChI=1S/C21H26N2O3/c1-15(2)26-20-11-9-19(10-12-20)22-21(25)14-23(17(4)24)13-18-7-5-16(3)6-8-18/h5-12,15H,13-14H2,1-4H3,(H,22,25). The van der Waals surface area contributed by atoms with Gasteiger partial charge in [-0.05, 0) is 50.6 Å². The lowest BCUT2D eigenvalue weighted by Gasteiger charge is -2.21. The Hall–Kier alpha value is -2.82. The highest BCUT2D eigenvalue weighted by Crippen LogP contribution is 2.17. The summed E-state index contributed by atoms with van der Waals surface area (Å²) >= 11 is 0. The third-order valence-electron chi connectivity index (χ3n) is 3.78. The van der Waals surface area contributed by atoms with Crippen molar-refractivity contribution in [1.29, 1.82) is 0 Å². The minimum absolute atomic E-state index is 0.00740. The summed E-state index contributed by atoms with van der Waals surface area (Å²) in [6, 6.07) is 15.1. The van der Waals surface area contributed by atoms with Crippen LogP contribution in [0.25, 0.3) is 0 Å². The van der Waals surface area contributed by atoms with Crippen molar-refractivity contribution in [3.63, 3.8) is 0 Å². The SMILES string of the molecule is CC(=O)N(CC(=O)Nc1ccc(OC(C)C)cc1)Cc1ccc(C)cc1. The molecular formula is C21H26N2O3. The zero-order valence-corrected chi connectivity index (χ0v) is 15.8.